The van der Waals surface area contributed by atoms with Gasteiger partial charge < -0.3 is 19.7 Å². The molecule has 0 unspecified atom stereocenters. The largest absolute Gasteiger partial charge is 0.497 e. The lowest BCUT2D eigenvalue weighted by atomic mass is 10.1. The maximum atomic E-state index is 12.6. The fraction of sp³-hybridized carbons (Fsp3) is 0.391. The van der Waals surface area contributed by atoms with E-state index >= 15 is 0 Å². The van der Waals surface area contributed by atoms with E-state index in [9.17, 15) is 9.59 Å². The number of hydrogen-bond acceptors (Lipinski definition) is 6. The Balaban J connectivity index is 1.46. The van der Waals surface area contributed by atoms with Crippen LogP contribution in [0.15, 0.2) is 47.4 Å². The van der Waals surface area contributed by atoms with Gasteiger partial charge in [0, 0.05) is 55.8 Å². The summed E-state index contributed by atoms with van der Waals surface area (Å²) in [5.74, 6) is 2.12. The average Bonchev–Trinajstić information content (AvgIpc) is 2.78. The zero-order valence-corrected chi connectivity index (χ0v) is 19.0. The van der Waals surface area contributed by atoms with Crippen molar-refractivity contribution in [2.24, 2.45) is 0 Å². The molecule has 2 amide bonds. The second-order valence-electron chi connectivity index (χ2n) is 7.33. The lowest BCUT2D eigenvalue weighted by Crippen LogP contribution is -2.48. The van der Waals surface area contributed by atoms with Crippen LogP contribution in [-0.2, 0) is 16.1 Å². The van der Waals surface area contributed by atoms with Gasteiger partial charge in [-0.2, -0.15) is 0 Å². The van der Waals surface area contributed by atoms with Gasteiger partial charge in [0.05, 0.1) is 20.0 Å². The summed E-state index contributed by atoms with van der Waals surface area (Å²) in [5, 5.41) is 2.74. The van der Waals surface area contributed by atoms with Crippen LogP contribution in [0.1, 0.15) is 12.5 Å². The smallest absolute Gasteiger partial charge is 0.233 e. The number of amides is 2. The van der Waals surface area contributed by atoms with Crippen LogP contribution in [0.2, 0.25) is 0 Å². The van der Waals surface area contributed by atoms with Crippen LogP contribution < -0.4 is 14.8 Å². The van der Waals surface area contributed by atoms with Crippen LogP contribution in [0.25, 0.3) is 0 Å². The van der Waals surface area contributed by atoms with Crippen LogP contribution in [0.3, 0.4) is 0 Å². The number of anilines is 1. The Morgan fingerprint density at radius 2 is 1.71 bits per heavy atom. The average molecular weight is 444 g/mol. The van der Waals surface area contributed by atoms with Crippen LogP contribution in [0, 0.1) is 0 Å². The second-order valence-corrected chi connectivity index (χ2v) is 8.38. The van der Waals surface area contributed by atoms with Gasteiger partial charge in [-0.3, -0.25) is 14.5 Å². The van der Waals surface area contributed by atoms with Gasteiger partial charge in [0.25, 0.3) is 0 Å². The molecule has 31 heavy (non-hydrogen) atoms. The molecule has 1 fully saturated rings. The first-order valence-corrected chi connectivity index (χ1v) is 11.2. The Labute approximate surface area is 187 Å². The third kappa shape index (κ3) is 6.63. The molecular formula is C23H29N3O4S. The van der Waals surface area contributed by atoms with Crippen molar-refractivity contribution in [2.75, 3.05) is 51.5 Å². The van der Waals surface area contributed by atoms with Crippen molar-refractivity contribution >= 4 is 29.3 Å². The molecule has 2 aromatic carbocycles. The van der Waals surface area contributed by atoms with Crippen molar-refractivity contribution in [1.29, 1.82) is 0 Å². The van der Waals surface area contributed by atoms with E-state index in [-0.39, 0.29) is 11.8 Å². The molecule has 0 spiro atoms. The first kappa shape index (κ1) is 23.0. The summed E-state index contributed by atoms with van der Waals surface area (Å²) in [7, 11) is 3.33. The molecule has 2 aromatic rings. The van der Waals surface area contributed by atoms with E-state index < -0.39 is 0 Å². The first-order valence-electron chi connectivity index (χ1n) is 10.2. The van der Waals surface area contributed by atoms with E-state index in [0.29, 0.717) is 18.8 Å². The highest BCUT2D eigenvalue weighted by Crippen LogP contribution is 2.26. The minimum absolute atomic E-state index is 0.0976. The van der Waals surface area contributed by atoms with Gasteiger partial charge in [0.2, 0.25) is 11.8 Å². The van der Waals surface area contributed by atoms with E-state index in [2.05, 4.69) is 10.2 Å². The maximum Gasteiger partial charge on any atom is 0.233 e. The Bertz CT molecular complexity index is 896. The van der Waals surface area contributed by atoms with E-state index in [1.54, 1.807) is 14.2 Å². The number of hydrogen-bond donors (Lipinski definition) is 1. The Hall–Kier alpha value is -2.71. The molecule has 166 valence electrons. The van der Waals surface area contributed by atoms with Crippen LogP contribution in [-0.4, -0.2) is 67.8 Å². The number of benzene rings is 2. The molecule has 8 heteroatoms. The molecule has 0 aliphatic carbocycles. The van der Waals surface area contributed by atoms with Gasteiger partial charge in [-0.05, 0) is 42.5 Å². The number of piperazine rings is 1. The number of nitrogens with zero attached hydrogens (tertiary/aromatic N) is 2. The normalized spacial score (nSPS) is 14.2. The van der Waals surface area contributed by atoms with Crippen LogP contribution in [0.5, 0.6) is 11.5 Å². The minimum Gasteiger partial charge on any atom is -0.497 e. The van der Waals surface area contributed by atoms with Gasteiger partial charge in [-0.15, -0.1) is 11.8 Å². The summed E-state index contributed by atoms with van der Waals surface area (Å²) >= 11 is 1.51. The highest BCUT2D eigenvalue weighted by atomic mass is 32.2. The molecule has 7 nitrogen and oxygen atoms in total. The fourth-order valence-electron chi connectivity index (χ4n) is 3.48. The molecule has 3 rings (SSSR count). The maximum absolute atomic E-state index is 12.6. The zero-order chi connectivity index (χ0) is 22.2. The van der Waals surface area contributed by atoms with Gasteiger partial charge in [-0.25, -0.2) is 0 Å². The molecule has 1 N–H and O–H groups in total. The summed E-state index contributed by atoms with van der Waals surface area (Å²) < 4.78 is 10.8. The lowest BCUT2D eigenvalue weighted by molar-refractivity contribution is -0.130. The third-order valence-corrected chi connectivity index (χ3v) is 6.14. The molecule has 0 bridgehead atoms. The van der Waals surface area contributed by atoms with Crippen molar-refractivity contribution in [2.45, 2.75) is 18.4 Å². The highest BCUT2D eigenvalue weighted by molar-refractivity contribution is 8.00. The molecule has 0 radical (unpaired) electrons. The van der Waals surface area contributed by atoms with Crippen molar-refractivity contribution in [1.82, 2.24) is 9.80 Å². The summed E-state index contributed by atoms with van der Waals surface area (Å²) in [6.45, 7) is 5.32. The molecule has 1 heterocycles. The van der Waals surface area contributed by atoms with Crippen LogP contribution in [0.4, 0.5) is 5.69 Å². The lowest BCUT2D eigenvalue weighted by Gasteiger charge is -2.35. The van der Waals surface area contributed by atoms with E-state index in [0.717, 1.165) is 47.3 Å². The Morgan fingerprint density at radius 3 is 2.32 bits per heavy atom. The molecule has 1 saturated heterocycles. The van der Waals surface area contributed by atoms with Crippen molar-refractivity contribution in [3.63, 3.8) is 0 Å². The summed E-state index contributed by atoms with van der Waals surface area (Å²) in [4.78, 5) is 29.0. The number of methoxy groups -OCH3 is 2. The van der Waals surface area contributed by atoms with Gasteiger partial charge in [0.15, 0.2) is 0 Å². The standard InChI is InChI=1S/C23H29N3O4S/c1-17(27)24-19-4-7-21(8-5-19)31-16-23(28)26-12-10-25(11-13-26)15-18-14-20(29-2)6-9-22(18)30-3/h4-9,14H,10-13,15-16H2,1-3H3,(H,24,27). The number of nitrogens with one attached hydrogen (secondary N) is 1. The number of ether oxygens (including phenoxy) is 2. The predicted molar refractivity (Wildman–Crippen MR) is 123 cm³/mol. The number of carbonyl (C=O) groups is 2. The van der Waals surface area contributed by atoms with Gasteiger partial charge in [0.1, 0.15) is 11.5 Å². The van der Waals surface area contributed by atoms with Gasteiger partial charge in [-0.1, -0.05) is 0 Å². The molecule has 1 aliphatic heterocycles. The van der Waals surface area contributed by atoms with Crippen molar-refractivity contribution in [3.05, 3.63) is 48.0 Å². The van der Waals surface area contributed by atoms with Crippen molar-refractivity contribution in [3.8, 4) is 11.5 Å². The quantitative estimate of drug-likeness (QED) is 0.633. The number of thioether (sulfide) groups is 1. The Kier molecular flexibility index (Phi) is 8.20. The monoisotopic (exact) mass is 443 g/mol. The summed E-state index contributed by atoms with van der Waals surface area (Å²) in [6, 6.07) is 13.4. The minimum atomic E-state index is -0.0976. The summed E-state index contributed by atoms with van der Waals surface area (Å²) in [6.07, 6.45) is 0. The molecule has 0 atom stereocenters. The summed E-state index contributed by atoms with van der Waals surface area (Å²) in [5.41, 5.74) is 1.84. The van der Waals surface area contributed by atoms with E-state index in [1.807, 2.05) is 47.4 Å². The van der Waals surface area contributed by atoms with Gasteiger partial charge >= 0.3 is 0 Å². The van der Waals surface area contributed by atoms with E-state index in [4.69, 9.17) is 9.47 Å². The molecule has 1 aliphatic rings. The Morgan fingerprint density at radius 1 is 1.00 bits per heavy atom. The number of rotatable bonds is 8. The molecule has 0 saturated carbocycles. The second kappa shape index (κ2) is 11.1. The predicted octanol–water partition coefficient (Wildman–Crippen LogP) is 3.10. The third-order valence-electron chi connectivity index (χ3n) is 5.14. The van der Waals surface area contributed by atoms with Crippen molar-refractivity contribution < 1.29 is 19.1 Å². The molecule has 0 aromatic heterocycles. The highest BCUT2D eigenvalue weighted by Gasteiger charge is 2.22. The fourth-order valence-corrected chi connectivity index (χ4v) is 4.28. The SMILES string of the molecule is COc1ccc(OC)c(CN2CCN(C(=O)CSc3ccc(NC(C)=O)cc3)CC2)c1. The first-order chi connectivity index (χ1) is 15.0. The van der Waals surface area contributed by atoms with Crippen LogP contribution >= 0.6 is 11.8 Å². The zero-order valence-electron chi connectivity index (χ0n) is 18.2. The van der Waals surface area contributed by atoms with E-state index in [1.165, 1.54) is 18.7 Å². The topological polar surface area (TPSA) is 71.1 Å². The molecular weight excluding hydrogens is 414 g/mol. The number of carbonyl (C=O) groups excluding carboxylic acids is 2.